The number of β-amino-alcohol motifs (C(OH)–C–C–N with tert-alkyl or cyclic N) is 1. The van der Waals surface area contributed by atoms with Crippen LogP contribution < -0.4 is 0 Å². The molecule has 0 aromatic carbocycles. The average molecular weight is 318 g/mol. The molecule has 0 aliphatic carbocycles. The summed E-state index contributed by atoms with van der Waals surface area (Å²) in [5, 5.41) is 14.4. The van der Waals surface area contributed by atoms with Gasteiger partial charge in [-0.05, 0) is 13.0 Å². The number of hydrogen-bond acceptors (Lipinski definition) is 5. The van der Waals surface area contributed by atoms with Gasteiger partial charge in [-0.25, -0.2) is 4.98 Å². The minimum atomic E-state index is -0.386. The second-order valence-corrected chi connectivity index (χ2v) is 6.42. The number of nitrogens with zero attached hydrogens (tertiary/aromatic N) is 6. The van der Waals surface area contributed by atoms with E-state index in [4.69, 9.17) is 0 Å². The van der Waals surface area contributed by atoms with Crippen molar-refractivity contribution in [1.82, 2.24) is 29.1 Å². The van der Waals surface area contributed by atoms with Gasteiger partial charge in [0, 0.05) is 64.1 Å². The van der Waals surface area contributed by atoms with E-state index in [9.17, 15) is 5.11 Å². The van der Waals surface area contributed by atoms with Crippen LogP contribution in [0.1, 0.15) is 12.7 Å². The quantitative estimate of drug-likeness (QED) is 0.823. The van der Waals surface area contributed by atoms with E-state index in [1.165, 1.54) is 0 Å². The van der Waals surface area contributed by atoms with Crippen LogP contribution in [-0.2, 0) is 20.1 Å². The number of aryl methyl sites for hydroxylation is 1. The standard InChI is InChI=1S/C16H26N6O/c1-14-10-20(11-15(23)12-22-6-3-4-18-22)8-9-21(14)13-16-17-5-7-19(16)2/h3-7,14-15,23H,8-13H2,1-2H3. The smallest absolute Gasteiger partial charge is 0.122 e. The molecular formula is C16H26N6O. The molecule has 1 aliphatic heterocycles. The fraction of sp³-hybridized carbons (Fsp3) is 0.625. The van der Waals surface area contributed by atoms with Crippen molar-refractivity contribution in [3.8, 4) is 0 Å². The lowest BCUT2D eigenvalue weighted by Crippen LogP contribution is -2.53. The molecule has 2 aromatic heterocycles. The first-order valence-electron chi connectivity index (χ1n) is 8.20. The monoisotopic (exact) mass is 318 g/mol. The minimum absolute atomic E-state index is 0.386. The van der Waals surface area contributed by atoms with E-state index < -0.39 is 0 Å². The minimum Gasteiger partial charge on any atom is -0.390 e. The van der Waals surface area contributed by atoms with Crippen LogP contribution in [0.3, 0.4) is 0 Å². The molecule has 1 saturated heterocycles. The molecule has 0 bridgehead atoms. The molecule has 3 heterocycles. The number of aliphatic hydroxyl groups excluding tert-OH is 1. The van der Waals surface area contributed by atoms with Crippen LogP contribution in [0.5, 0.6) is 0 Å². The Morgan fingerprint density at radius 1 is 1.26 bits per heavy atom. The maximum Gasteiger partial charge on any atom is 0.122 e. The Labute approximate surface area is 137 Å². The van der Waals surface area contributed by atoms with E-state index in [1.807, 2.05) is 31.7 Å². The summed E-state index contributed by atoms with van der Waals surface area (Å²) in [5.41, 5.74) is 0. The summed E-state index contributed by atoms with van der Waals surface area (Å²) in [6.45, 7) is 7.33. The van der Waals surface area contributed by atoms with Crippen molar-refractivity contribution in [3.05, 3.63) is 36.7 Å². The maximum atomic E-state index is 10.2. The van der Waals surface area contributed by atoms with Gasteiger partial charge in [0.1, 0.15) is 5.82 Å². The predicted molar refractivity (Wildman–Crippen MR) is 87.8 cm³/mol. The molecule has 0 saturated carbocycles. The van der Waals surface area contributed by atoms with Crippen molar-refractivity contribution in [1.29, 1.82) is 0 Å². The summed E-state index contributed by atoms with van der Waals surface area (Å²) in [5.74, 6) is 1.10. The van der Waals surface area contributed by atoms with Gasteiger partial charge in [0.05, 0.1) is 19.2 Å². The van der Waals surface area contributed by atoms with Crippen LogP contribution in [0.4, 0.5) is 0 Å². The third kappa shape index (κ3) is 4.19. The number of piperazine rings is 1. The second-order valence-electron chi connectivity index (χ2n) is 6.42. The summed E-state index contributed by atoms with van der Waals surface area (Å²) in [7, 11) is 2.04. The number of aromatic nitrogens is 4. The van der Waals surface area contributed by atoms with Gasteiger partial charge in [0.25, 0.3) is 0 Å². The summed E-state index contributed by atoms with van der Waals surface area (Å²) in [6, 6.07) is 2.34. The molecule has 2 unspecified atom stereocenters. The molecule has 2 aromatic rings. The van der Waals surface area contributed by atoms with E-state index in [1.54, 1.807) is 10.9 Å². The lowest BCUT2D eigenvalue weighted by atomic mass is 10.1. The normalized spacial score (nSPS) is 21.6. The van der Waals surface area contributed by atoms with E-state index in [-0.39, 0.29) is 6.10 Å². The average Bonchev–Trinajstić information content (AvgIpc) is 3.14. The third-order valence-corrected chi connectivity index (χ3v) is 4.54. The zero-order valence-electron chi connectivity index (χ0n) is 13.9. The van der Waals surface area contributed by atoms with Gasteiger partial charge >= 0.3 is 0 Å². The Kier molecular flexibility index (Phi) is 5.09. The summed E-state index contributed by atoms with van der Waals surface area (Å²) >= 11 is 0. The van der Waals surface area contributed by atoms with Crippen LogP contribution in [0.15, 0.2) is 30.9 Å². The Morgan fingerprint density at radius 2 is 2.13 bits per heavy atom. The molecule has 0 radical (unpaired) electrons. The highest BCUT2D eigenvalue weighted by Gasteiger charge is 2.25. The Hall–Kier alpha value is -1.70. The lowest BCUT2D eigenvalue weighted by Gasteiger charge is -2.40. The SMILES string of the molecule is CC1CN(CC(O)Cn2cccn2)CCN1Cc1nccn1C. The molecule has 7 nitrogen and oxygen atoms in total. The predicted octanol–water partition coefficient (Wildman–Crippen LogP) is 0.184. The first kappa shape index (κ1) is 16.2. The largest absolute Gasteiger partial charge is 0.390 e. The number of aliphatic hydroxyl groups is 1. The molecule has 126 valence electrons. The van der Waals surface area contributed by atoms with Gasteiger partial charge in [-0.3, -0.25) is 14.5 Å². The second kappa shape index (κ2) is 7.25. The fourth-order valence-electron chi connectivity index (χ4n) is 3.18. The van der Waals surface area contributed by atoms with Crippen LogP contribution in [0, 0.1) is 0 Å². The Balaban J connectivity index is 1.47. The molecule has 23 heavy (non-hydrogen) atoms. The van der Waals surface area contributed by atoms with Gasteiger partial charge < -0.3 is 9.67 Å². The zero-order chi connectivity index (χ0) is 16.2. The van der Waals surface area contributed by atoms with Crippen molar-refractivity contribution in [2.75, 3.05) is 26.2 Å². The lowest BCUT2D eigenvalue weighted by molar-refractivity contribution is 0.0345. The van der Waals surface area contributed by atoms with Gasteiger partial charge in [-0.2, -0.15) is 5.10 Å². The molecule has 3 rings (SSSR count). The highest BCUT2D eigenvalue weighted by atomic mass is 16.3. The highest BCUT2D eigenvalue weighted by molar-refractivity contribution is 4.93. The molecule has 0 spiro atoms. The molecule has 1 aliphatic rings. The molecule has 1 N–H and O–H groups in total. The summed E-state index contributed by atoms with van der Waals surface area (Å²) < 4.78 is 3.86. The Morgan fingerprint density at radius 3 is 2.78 bits per heavy atom. The highest BCUT2D eigenvalue weighted by Crippen LogP contribution is 2.13. The van der Waals surface area contributed by atoms with Crippen molar-refractivity contribution in [2.45, 2.75) is 32.2 Å². The van der Waals surface area contributed by atoms with Crippen LogP contribution in [0.2, 0.25) is 0 Å². The van der Waals surface area contributed by atoms with E-state index in [0.717, 1.165) is 32.0 Å². The van der Waals surface area contributed by atoms with Gasteiger partial charge in [-0.1, -0.05) is 0 Å². The number of rotatable bonds is 6. The molecule has 1 fully saturated rings. The maximum absolute atomic E-state index is 10.2. The van der Waals surface area contributed by atoms with Gasteiger partial charge in [0.15, 0.2) is 0 Å². The van der Waals surface area contributed by atoms with Gasteiger partial charge in [-0.15, -0.1) is 0 Å². The summed E-state index contributed by atoms with van der Waals surface area (Å²) in [6.07, 6.45) is 7.08. The van der Waals surface area contributed by atoms with Crippen molar-refractivity contribution in [2.24, 2.45) is 7.05 Å². The van der Waals surface area contributed by atoms with Crippen LogP contribution in [0.25, 0.3) is 0 Å². The van der Waals surface area contributed by atoms with E-state index >= 15 is 0 Å². The third-order valence-electron chi connectivity index (χ3n) is 4.54. The molecule has 2 atom stereocenters. The van der Waals surface area contributed by atoms with E-state index in [2.05, 4.69) is 31.4 Å². The van der Waals surface area contributed by atoms with Crippen LogP contribution in [-0.4, -0.2) is 72.6 Å². The topological polar surface area (TPSA) is 62.4 Å². The van der Waals surface area contributed by atoms with Gasteiger partial charge in [0.2, 0.25) is 0 Å². The first-order valence-corrected chi connectivity index (χ1v) is 8.20. The van der Waals surface area contributed by atoms with E-state index in [0.29, 0.717) is 19.1 Å². The van der Waals surface area contributed by atoms with Crippen molar-refractivity contribution in [3.63, 3.8) is 0 Å². The first-order chi connectivity index (χ1) is 11.1. The molecular weight excluding hydrogens is 292 g/mol. The van der Waals surface area contributed by atoms with Crippen molar-refractivity contribution < 1.29 is 5.11 Å². The Bertz CT molecular complexity index is 595. The molecule has 7 heteroatoms. The number of imidazole rings is 1. The molecule has 0 amide bonds. The number of hydrogen-bond donors (Lipinski definition) is 1. The van der Waals surface area contributed by atoms with Crippen LogP contribution >= 0.6 is 0 Å². The summed E-state index contributed by atoms with van der Waals surface area (Å²) in [4.78, 5) is 9.21. The van der Waals surface area contributed by atoms with Crippen molar-refractivity contribution >= 4 is 0 Å². The zero-order valence-corrected chi connectivity index (χ0v) is 13.9. The fourth-order valence-corrected chi connectivity index (χ4v) is 3.18.